The van der Waals surface area contributed by atoms with E-state index in [0.29, 0.717) is 0 Å². The van der Waals surface area contributed by atoms with E-state index in [1.807, 2.05) is 30.3 Å². The predicted molar refractivity (Wildman–Crippen MR) is 81.5 cm³/mol. The average molecular weight is 264 g/mol. The molecule has 100 valence electrons. The highest BCUT2D eigenvalue weighted by Gasteiger charge is 2.33. The topological polar surface area (TPSA) is 17.1 Å². The lowest BCUT2D eigenvalue weighted by Crippen LogP contribution is -2.33. The monoisotopic (exact) mass is 264 g/mol. The van der Waals surface area contributed by atoms with Crippen LogP contribution < -0.4 is 0 Å². The summed E-state index contributed by atoms with van der Waals surface area (Å²) in [6.45, 7) is 4.31. The third-order valence-corrected chi connectivity index (χ3v) is 4.00. The van der Waals surface area contributed by atoms with E-state index in [9.17, 15) is 4.79 Å². The molecule has 0 atom stereocenters. The van der Waals surface area contributed by atoms with E-state index < -0.39 is 4.75 Å². The lowest BCUT2D eigenvalue weighted by Gasteiger charge is -2.27. The van der Waals surface area contributed by atoms with Crippen molar-refractivity contribution in [3.8, 4) is 0 Å². The first kappa shape index (κ1) is 15.3. The molecule has 0 amide bonds. The van der Waals surface area contributed by atoms with E-state index in [2.05, 4.69) is 13.8 Å². The van der Waals surface area contributed by atoms with Gasteiger partial charge in [0.25, 0.3) is 0 Å². The third kappa shape index (κ3) is 4.16. The smallest absolute Gasteiger partial charge is 0.178 e. The summed E-state index contributed by atoms with van der Waals surface area (Å²) in [5, 5.41) is 0. The van der Waals surface area contributed by atoms with Crippen molar-refractivity contribution < 1.29 is 4.79 Å². The number of hydrogen-bond donors (Lipinski definition) is 1. The lowest BCUT2D eigenvalue weighted by atomic mass is 9.87. The molecule has 0 bridgehead atoms. The Morgan fingerprint density at radius 3 is 2.00 bits per heavy atom. The normalized spacial score (nSPS) is 11.5. The number of carbonyl (C=O) groups is 1. The standard InChI is InChI=1S/C16H24OS/c1-3-5-12-16(18,13-6-4-2)15(17)14-10-8-7-9-11-14/h7-11,18H,3-6,12-13H2,1-2H3. The summed E-state index contributed by atoms with van der Waals surface area (Å²) >= 11 is 4.74. The number of rotatable bonds is 8. The summed E-state index contributed by atoms with van der Waals surface area (Å²) in [5.41, 5.74) is 0.791. The van der Waals surface area contributed by atoms with Crippen LogP contribution in [0.5, 0.6) is 0 Å². The quantitative estimate of drug-likeness (QED) is 0.521. The largest absolute Gasteiger partial charge is 0.293 e. The molecule has 0 aromatic heterocycles. The number of hydrogen-bond acceptors (Lipinski definition) is 2. The van der Waals surface area contributed by atoms with E-state index >= 15 is 0 Å². The molecule has 0 radical (unpaired) electrons. The van der Waals surface area contributed by atoms with Crippen molar-refractivity contribution in [3.63, 3.8) is 0 Å². The molecule has 0 spiro atoms. The number of benzene rings is 1. The maximum Gasteiger partial charge on any atom is 0.178 e. The highest BCUT2D eigenvalue weighted by molar-refractivity contribution is 7.82. The highest BCUT2D eigenvalue weighted by Crippen LogP contribution is 2.32. The van der Waals surface area contributed by atoms with E-state index in [0.717, 1.165) is 44.1 Å². The predicted octanol–water partition coefficient (Wildman–Crippen LogP) is 4.92. The fraction of sp³-hybridized carbons (Fsp3) is 0.562. The molecule has 1 aromatic carbocycles. The van der Waals surface area contributed by atoms with Crippen LogP contribution in [0.4, 0.5) is 0 Å². The minimum absolute atomic E-state index is 0.188. The summed E-state index contributed by atoms with van der Waals surface area (Å²) in [5.74, 6) is 0.188. The zero-order valence-electron chi connectivity index (χ0n) is 11.5. The van der Waals surface area contributed by atoms with Crippen molar-refractivity contribution in [2.24, 2.45) is 0 Å². The van der Waals surface area contributed by atoms with Crippen molar-refractivity contribution in [2.75, 3.05) is 0 Å². The molecule has 1 aromatic rings. The van der Waals surface area contributed by atoms with Crippen LogP contribution in [0.15, 0.2) is 30.3 Å². The summed E-state index contributed by atoms with van der Waals surface area (Å²) in [7, 11) is 0. The van der Waals surface area contributed by atoms with Gasteiger partial charge in [-0.25, -0.2) is 0 Å². The average Bonchev–Trinajstić information content (AvgIpc) is 2.43. The van der Waals surface area contributed by atoms with Gasteiger partial charge in [-0.2, -0.15) is 12.6 Å². The Hall–Kier alpha value is -0.760. The summed E-state index contributed by atoms with van der Waals surface area (Å²) in [6.07, 6.45) is 6.09. The molecule has 2 heteroatoms. The van der Waals surface area contributed by atoms with Gasteiger partial charge in [0.05, 0.1) is 4.75 Å². The molecule has 0 aliphatic heterocycles. The maximum atomic E-state index is 12.6. The first-order valence-corrected chi connectivity index (χ1v) is 7.41. The molecule has 0 unspecified atom stereocenters. The zero-order chi connectivity index (χ0) is 13.4. The van der Waals surface area contributed by atoms with Crippen molar-refractivity contribution in [1.29, 1.82) is 0 Å². The van der Waals surface area contributed by atoms with E-state index in [1.165, 1.54) is 0 Å². The number of ketones is 1. The molecule has 0 N–H and O–H groups in total. The van der Waals surface area contributed by atoms with E-state index in [-0.39, 0.29) is 5.78 Å². The minimum atomic E-state index is -0.479. The number of thiol groups is 1. The molecule has 18 heavy (non-hydrogen) atoms. The van der Waals surface area contributed by atoms with Gasteiger partial charge in [0.15, 0.2) is 5.78 Å². The SMILES string of the molecule is CCCCC(S)(CCCC)C(=O)c1ccccc1. The fourth-order valence-corrected chi connectivity index (χ4v) is 2.59. The summed E-state index contributed by atoms with van der Waals surface area (Å²) in [6, 6.07) is 9.56. The second-order valence-electron chi connectivity index (χ2n) is 4.93. The Morgan fingerprint density at radius 1 is 1.06 bits per heavy atom. The van der Waals surface area contributed by atoms with Crippen molar-refractivity contribution in [3.05, 3.63) is 35.9 Å². The van der Waals surface area contributed by atoms with Crippen LogP contribution in [0.2, 0.25) is 0 Å². The molecule has 0 saturated heterocycles. The molecule has 0 saturated carbocycles. The molecule has 0 aliphatic carbocycles. The van der Waals surface area contributed by atoms with E-state index in [1.54, 1.807) is 0 Å². The maximum absolute atomic E-state index is 12.6. The number of unbranched alkanes of at least 4 members (excludes halogenated alkanes) is 2. The van der Waals surface area contributed by atoms with Crippen LogP contribution in [0.1, 0.15) is 62.7 Å². The van der Waals surface area contributed by atoms with Crippen LogP contribution in [0.3, 0.4) is 0 Å². The molecular weight excluding hydrogens is 240 g/mol. The third-order valence-electron chi connectivity index (χ3n) is 3.35. The Morgan fingerprint density at radius 2 is 1.56 bits per heavy atom. The second-order valence-corrected chi connectivity index (χ2v) is 5.79. The van der Waals surface area contributed by atoms with Gasteiger partial charge >= 0.3 is 0 Å². The zero-order valence-corrected chi connectivity index (χ0v) is 12.4. The van der Waals surface area contributed by atoms with Crippen LogP contribution >= 0.6 is 12.6 Å². The first-order valence-electron chi connectivity index (χ1n) is 6.96. The number of Topliss-reactive ketones (excluding diaryl/α,β-unsaturated/α-hetero) is 1. The van der Waals surface area contributed by atoms with Gasteiger partial charge < -0.3 is 0 Å². The van der Waals surface area contributed by atoms with Crippen molar-refractivity contribution in [2.45, 2.75) is 57.1 Å². The van der Waals surface area contributed by atoms with Crippen molar-refractivity contribution >= 4 is 18.4 Å². The molecule has 0 heterocycles. The van der Waals surface area contributed by atoms with Gasteiger partial charge in [-0.05, 0) is 12.8 Å². The van der Waals surface area contributed by atoms with Gasteiger partial charge in [0.1, 0.15) is 0 Å². The van der Waals surface area contributed by atoms with Crippen LogP contribution in [-0.2, 0) is 0 Å². The highest BCUT2D eigenvalue weighted by atomic mass is 32.1. The summed E-state index contributed by atoms with van der Waals surface area (Å²) in [4.78, 5) is 12.6. The van der Waals surface area contributed by atoms with Gasteiger partial charge in [-0.1, -0.05) is 69.9 Å². The van der Waals surface area contributed by atoms with Crippen molar-refractivity contribution in [1.82, 2.24) is 0 Å². The summed E-state index contributed by atoms with van der Waals surface area (Å²) < 4.78 is -0.479. The van der Waals surface area contributed by atoms with Crippen LogP contribution in [0.25, 0.3) is 0 Å². The fourth-order valence-electron chi connectivity index (χ4n) is 2.15. The molecule has 1 rings (SSSR count). The van der Waals surface area contributed by atoms with Gasteiger partial charge in [0, 0.05) is 5.56 Å². The van der Waals surface area contributed by atoms with Gasteiger partial charge in [-0.3, -0.25) is 4.79 Å². The lowest BCUT2D eigenvalue weighted by molar-refractivity contribution is 0.0930. The Labute approximate surface area is 116 Å². The van der Waals surface area contributed by atoms with E-state index in [4.69, 9.17) is 12.6 Å². The Balaban J connectivity index is 2.84. The minimum Gasteiger partial charge on any atom is -0.293 e. The Kier molecular flexibility index (Phi) is 6.48. The van der Waals surface area contributed by atoms with Crippen LogP contribution in [-0.4, -0.2) is 10.5 Å². The van der Waals surface area contributed by atoms with Crippen LogP contribution in [0, 0.1) is 0 Å². The molecule has 0 aliphatic rings. The number of carbonyl (C=O) groups excluding carboxylic acids is 1. The Bertz CT molecular complexity index is 351. The molecular formula is C16H24OS. The first-order chi connectivity index (χ1) is 8.64. The molecule has 0 fully saturated rings. The second kappa shape index (κ2) is 7.63. The van der Waals surface area contributed by atoms with Gasteiger partial charge in [0.2, 0.25) is 0 Å². The molecule has 1 nitrogen and oxygen atoms in total. The van der Waals surface area contributed by atoms with Gasteiger partial charge in [-0.15, -0.1) is 0 Å².